The van der Waals surface area contributed by atoms with Crippen molar-refractivity contribution in [1.82, 2.24) is 0 Å². The SMILES string of the molecule is CCOc1ccc([C@@H]2CO2)cc1. The second-order valence-electron chi connectivity index (χ2n) is 2.82. The van der Waals surface area contributed by atoms with Crippen LogP contribution in [0.3, 0.4) is 0 Å². The zero-order chi connectivity index (χ0) is 8.39. The summed E-state index contributed by atoms with van der Waals surface area (Å²) < 4.78 is 10.5. The molecule has 0 aromatic heterocycles. The van der Waals surface area contributed by atoms with E-state index in [0.29, 0.717) is 6.10 Å². The van der Waals surface area contributed by atoms with Crippen molar-refractivity contribution in [2.45, 2.75) is 13.0 Å². The molecular formula is C10H12O2. The third-order valence-electron chi connectivity index (χ3n) is 1.90. The van der Waals surface area contributed by atoms with E-state index in [2.05, 4.69) is 12.1 Å². The summed E-state index contributed by atoms with van der Waals surface area (Å²) in [6.07, 6.45) is 0.348. The van der Waals surface area contributed by atoms with Gasteiger partial charge in [0.1, 0.15) is 11.9 Å². The Hall–Kier alpha value is -1.02. The Labute approximate surface area is 72.1 Å². The lowest BCUT2D eigenvalue weighted by Gasteiger charge is -2.02. The highest BCUT2D eigenvalue weighted by molar-refractivity contribution is 5.29. The van der Waals surface area contributed by atoms with Crippen LogP contribution < -0.4 is 4.74 Å². The van der Waals surface area contributed by atoms with Crippen molar-refractivity contribution in [3.05, 3.63) is 29.8 Å². The molecule has 1 atom stereocenters. The van der Waals surface area contributed by atoms with E-state index in [1.807, 2.05) is 19.1 Å². The van der Waals surface area contributed by atoms with Crippen LogP contribution in [0, 0.1) is 0 Å². The van der Waals surface area contributed by atoms with Crippen molar-refractivity contribution < 1.29 is 9.47 Å². The zero-order valence-electron chi connectivity index (χ0n) is 7.12. The van der Waals surface area contributed by atoms with E-state index >= 15 is 0 Å². The molecule has 0 bridgehead atoms. The van der Waals surface area contributed by atoms with Gasteiger partial charge in [0.25, 0.3) is 0 Å². The van der Waals surface area contributed by atoms with Gasteiger partial charge in [-0.15, -0.1) is 0 Å². The highest BCUT2D eigenvalue weighted by atomic mass is 16.6. The first-order valence-corrected chi connectivity index (χ1v) is 4.24. The number of hydrogen-bond acceptors (Lipinski definition) is 2. The van der Waals surface area contributed by atoms with Crippen LogP contribution in [0.2, 0.25) is 0 Å². The molecule has 0 aliphatic carbocycles. The van der Waals surface area contributed by atoms with Gasteiger partial charge in [0.2, 0.25) is 0 Å². The Morgan fingerprint density at radius 1 is 1.42 bits per heavy atom. The summed E-state index contributed by atoms with van der Waals surface area (Å²) in [6, 6.07) is 8.09. The Morgan fingerprint density at radius 2 is 2.08 bits per heavy atom. The van der Waals surface area contributed by atoms with Gasteiger partial charge in [-0.1, -0.05) is 12.1 Å². The molecule has 2 rings (SSSR count). The van der Waals surface area contributed by atoms with Crippen LogP contribution in [0.15, 0.2) is 24.3 Å². The molecular weight excluding hydrogens is 152 g/mol. The van der Waals surface area contributed by atoms with Crippen molar-refractivity contribution in [3.63, 3.8) is 0 Å². The molecule has 0 amide bonds. The molecule has 1 fully saturated rings. The Bertz CT molecular complexity index is 249. The summed E-state index contributed by atoms with van der Waals surface area (Å²) >= 11 is 0. The maximum Gasteiger partial charge on any atom is 0.119 e. The normalized spacial score (nSPS) is 20.6. The molecule has 64 valence electrons. The van der Waals surface area contributed by atoms with Gasteiger partial charge < -0.3 is 9.47 Å². The van der Waals surface area contributed by atoms with Crippen molar-refractivity contribution in [2.75, 3.05) is 13.2 Å². The number of ether oxygens (including phenoxy) is 2. The van der Waals surface area contributed by atoms with E-state index in [4.69, 9.17) is 9.47 Å². The van der Waals surface area contributed by atoms with Crippen LogP contribution >= 0.6 is 0 Å². The van der Waals surface area contributed by atoms with Crippen LogP contribution in [0.25, 0.3) is 0 Å². The first-order valence-electron chi connectivity index (χ1n) is 4.24. The van der Waals surface area contributed by atoms with Gasteiger partial charge in [-0.25, -0.2) is 0 Å². The van der Waals surface area contributed by atoms with Crippen LogP contribution in [0.5, 0.6) is 5.75 Å². The number of epoxide rings is 1. The largest absolute Gasteiger partial charge is 0.494 e. The second kappa shape index (κ2) is 3.15. The third kappa shape index (κ3) is 1.59. The maximum atomic E-state index is 5.32. The minimum absolute atomic E-state index is 0.348. The van der Waals surface area contributed by atoms with E-state index in [0.717, 1.165) is 19.0 Å². The lowest BCUT2D eigenvalue weighted by atomic mass is 10.2. The molecule has 0 N–H and O–H groups in total. The molecule has 0 spiro atoms. The van der Waals surface area contributed by atoms with Gasteiger partial charge in [-0.05, 0) is 24.6 Å². The van der Waals surface area contributed by atoms with Crippen molar-refractivity contribution >= 4 is 0 Å². The first kappa shape index (κ1) is 7.62. The summed E-state index contributed by atoms with van der Waals surface area (Å²) in [5.74, 6) is 0.932. The molecule has 0 saturated carbocycles. The van der Waals surface area contributed by atoms with E-state index in [1.54, 1.807) is 0 Å². The molecule has 0 unspecified atom stereocenters. The summed E-state index contributed by atoms with van der Waals surface area (Å²) in [7, 11) is 0. The molecule has 0 radical (unpaired) electrons. The molecule has 2 nitrogen and oxygen atoms in total. The highest BCUT2D eigenvalue weighted by Crippen LogP contribution is 2.30. The van der Waals surface area contributed by atoms with Crippen LogP contribution in [-0.2, 0) is 4.74 Å². The molecule has 1 saturated heterocycles. The minimum atomic E-state index is 0.348. The average molecular weight is 164 g/mol. The Morgan fingerprint density at radius 3 is 2.58 bits per heavy atom. The summed E-state index contributed by atoms with van der Waals surface area (Å²) in [5, 5.41) is 0. The van der Waals surface area contributed by atoms with Crippen LogP contribution in [0.4, 0.5) is 0 Å². The van der Waals surface area contributed by atoms with Gasteiger partial charge in [-0.2, -0.15) is 0 Å². The van der Waals surface area contributed by atoms with E-state index in [-0.39, 0.29) is 0 Å². The standard InChI is InChI=1S/C10H12O2/c1-2-11-9-5-3-8(4-6-9)10-7-12-10/h3-6,10H,2,7H2,1H3/t10-/m0/s1. The number of hydrogen-bond donors (Lipinski definition) is 0. The highest BCUT2D eigenvalue weighted by Gasteiger charge is 2.24. The lowest BCUT2D eigenvalue weighted by molar-refractivity contribution is 0.340. The van der Waals surface area contributed by atoms with Gasteiger partial charge >= 0.3 is 0 Å². The zero-order valence-corrected chi connectivity index (χ0v) is 7.12. The first-order chi connectivity index (χ1) is 5.90. The predicted molar refractivity (Wildman–Crippen MR) is 46.3 cm³/mol. The smallest absolute Gasteiger partial charge is 0.119 e. The lowest BCUT2D eigenvalue weighted by Crippen LogP contribution is -1.91. The van der Waals surface area contributed by atoms with Crippen LogP contribution in [-0.4, -0.2) is 13.2 Å². The molecule has 1 aliphatic rings. The van der Waals surface area contributed by atoms with E-state index in [9.17, 15) is 0 Å². The summed E-state index contributed by atoms with van der Waals surface area (Å²) in [4.78, 5) is 0. The molecule has 1 aromatic rings. The van der Waals surface area contributed by atoms with E-state index < -0.39 is 0 Å². The Balaban J connectivity index is 2.08. The fourth-order valence-electron chi connectivity index (χ4n) is 1.19. The number of benzene rings is 1. The van der Waals surface area contributed by atoms with Gasteiger partial charge in [0.15, 0.2) is 0 Å². The topological polar surface area (TPSA) is 21.8 Å². The fourth-order valence-corrected chi connectivity index (χ4v) is 1.19. The quantitative estimate of drug-likeness (QED) is 0.638. The Kier molecular flexibility index (Phi) is 2.00. The molecule has 2 heteroatoms. The van der Waals surface area contributed by atoms with Crippen molar-refractivity contribution in [2.24, 2.45) is 0 Å². The number of rotatable bonds is 3. The third-order valence-corrected chi connectivity index (χ3v) is 1.90. The summed E-state index contributed by atoms with van der Waals surface area (Å²) in [5.41, 5.74) is 1.25. The average Bonchev–Trinajstić information content (AvgIpc) is 2.89. The monoisotopic (exact) mass is 164 g/mol. The van der Waals surface area contributed by atoms with Crippen molar-refractivity contribution in [3.8, 4) is 5.75 Å². The second-order valence-corrected chi connectivity index (χ2v) is 2.82. The van der Waals surface area contributed by atoms with Gasteiger partial charge in [-0.3, -0.25) is 0 Å². The molecule has 1 aliphatic heterocycles. The van der Waals surface area contributed by atoms with Crippen LogP contribution in [0.1, 0.15) is 18.6 Å². The van der Waals surface area contributed by atoms with Crippen molar-refractivity contribution in [1.29, 1.82) is 0 Å². The minimum Gasteiger partial charge on any atom is -0.494 e. The molecule has 12 heavy (non-hydrogen) atoms. The molecule has 1 aromatic carbocycles. The fraction of sp³-hybridized carbons (Fsp3) is 0.400. The van der Waals surface area contributed by atoms with Gasteiger partial charge in [0, 0.05) is 0 Å². The van der Waals surface area contributed by atoms with E-state index in [1.165, 1.54) is 5.56 Å². The summed E-state index contributed by atoms with van der Waals surface area (Å²) in [6.45, 7) is 3.57. The predicted octanol–water partition coefficient (Wildman–Crippen LogP) is 2.16. The van der Waals surface area contributed by atoms with Gasteiger partial charge in [0.05, 0.1) is 13.2 Å². The maximum absolute atomic E-state index is 5.32. The molecule has 1 heterocycles.